The minimum absolute atomic E-state index is 0.0495. The third-order valence-electron chi connectivity index (χ3n) is 2.44. The Morgan fingerprint density at radius 2 is 2.29 bits per heavy atom. The zero-order chi connectivity index (χ0) is 10.6. The fraction of sp³-hybridized carbons (Fsp3) is 0.545. The molecule has 0 amide bonds. The lowest BCUT2D eigenvalue weighted by atomic mass is 10.2. The summed E-state index contributed by atoms with van der Waals surface area (Å²) in [6, 6.07) is 4.14. The number of rotatable bonds is 4. The summed E-state index contributed by atoms with van der Waals surface area (Å²) in [5, 5.41) is 3.35. The van der Waals surface area contributed by atoms with E-state index in [4.69, 9.17) is 0 Å². The summed E-state index contributed by atoms with van der Waals surface area (Å²) in [6.07, 6.45) is 2.90. The number of nitrogens with zero attached hydrogens (tertiary/aromatic N) is 1. The van der Waals surface area contributed by atoms with Gasteiger partial charge in [0.15, 0.2) is 0 Å². The van der Waals surface area contributed by atoms with Crippen molar-refractivity contribution in [1.29, 1.82) is 0 Å². The van der Waals surface area contributed by atoms with Gasteiger partial charge < -0.3 is 9.88 Å². The summed E-state index contributed by atoms with van der Waals surface area (Å²) >= 11 is 0. The first-order chi connectivity index (χ1) is 6.63. The van der Waals surface area contributed by atoms with E-state index in [2.05, 4.69) is 19.2 Å². The van der Waals surface area contributed by atoms with Crippen LogP contribution in [0.2, 0.25) is 0 Å². The van der Waals surface area contributed by atoms with Crippen molar-refractivity contribution < 1.29 is 0 Å². The molecular weight excluding hydrogens is 176 g/mol. The van der Waals surface area contributed by atoms with Crippen molar-refractivity contribution in [3.63, 3.8) is 0 Å². The normalized spacial score (nSPS) is 12.8. The SMILES string of the molecule is CCC(C)NCc1ccn(C)c(=O)c1. The molecule has 0 fully saturated rings. The van der Waals surface area contributed by atoms with Gasteiger partial charge in [-0.25, -0.2) is 0 Å². The molecule has 0 aromatic carbocycles. The first kappa shape index (κ1) is 11.0. The standard InChI is InChI=1S/C11H18N2O/c1-4-9(2)12-8-10-5-6-13(3)11(14)7-10/h5-7,9,12H,4,8H2,1-3H3. The first-order valence-electron chi connectivity index (χ1n) is 5.02. The highest BCUT2D eigenvalue weighted by Crippen LogP contribution is 1.96. The van der Waals surface area contributed by atoms with Gasteiger partial charge in [0.1, 0.15) is 0 Å². The summed E-state index contributed by atoms with van der Waals surface area (Å²) in [6.45, 7) is 5.05. The van der Waals surface area contributed by atoms with E-state index in [1.807, 2.05) is 6.07 Å². The lowest BCUT2D eigenvalue weighted by Gasteiger charge is -2.10. The quantitative estimate of drug-likeness (QED) is 0.783. The number of nitrogens with one attached hydrogen (secondary N) is 1. The summed E-state index contributed by atoms with van der Waals surface area (Å²) in [5.41, 5.74) is 1.10. The predicted octanol–water partition coefficient (Wildman–Crippen LogP) is 1.27. The maximum atomic E-state index is 11.3. The maximum absolute atomic E-state index is 11.3. The van der Waals surface area contributed by atoms with Crippen LogP contribution in [0, 0.1) is 0 Å². The fourth-order valence-electron chi connectivity index (χ4n) is 1.14. The molecule has 1 aromatic rings. The first-order valence-corrected chi connectivity index (χ1v) is 5.02. The second-order valence-corrected chi connectivity index (χ2v) is 3.67. The Morgan fingerprint density at radius 3 is 2.86 bits per heavy atom. The third-order valence-corrected chi connectivity index (χ3v) is 2.44. The molecule has 1 rings (SSSR count). The van der Waals surface area contributed by atoms with Crippen LogP contribution < -0.4 is 10.9 Å². The van der Waals surface area contributed by atoms with E-state index in [0.29, 0.717) is 6.04 Å². The molecule has 1 heterocycles. The Kier molecular flexibility index (Phi) is 3.89. The Balaban J connectivity index is 2.60. The van der Waals surface area contributed by atoms with Crippen molar-refractivity contribution in [3.8, 4) is 0 Å². The lowest BCUT2D eigenvalue weighted by Crippen LogP contribution is -2.25. The number of hydrogen-bond donors (Lipinski definition) is 1. The second kappa shape index (κ2) is 4.96. The van der Waals surface area contributed by atoms with Gasteiger partial charge in [0.25, 0.3) is 5.56 Å². The highest BCUT2D eigenvalue weighted by atomic mass is 16.1. The van der Waals surface area contributed by atoms with Gasteiger partial charge in [-0.2, -0.15) is 0 Å². The minimum Gasteiger partial charge on any atom is -0.319 e. The van der Waals surface area contributed by atoms with Crippen LogP contribution in [0.4, 0.5) is 0 Å². The molecule has 0 aliphatic heterocycles. The van der Waals surface area contributed by atoms with E-state index in [1.54, 1.807) is 23.9 Å². The van der Waals surface area contributed by atoms with Gasteiger partial charge >= 0.3 is 0 Å². The van der Waals surface area contributed by atoms with Gasteiger partial charge in [-0.05, 0) is 25.0 Å². The fourth-order valence-corrected chi connectivity index (χ4v) is 1.14. The Hall–Kier alpha value is -1.09. The molecule has 0 bridgehead atoms. The molecule has 0 saturated carbocycles. The van der Waals surface area contributed by atoms with E-state index < -0.39 is 0 Å². The third kappa shape index (κ3) is 3.00. The lowest BCUT2D eigenvalue weighted by molar-refractivity contribution is 0.533. The van der Waals surface area contributed by atoms with Gasteiger partial charge in [-0.1, -0.05) is 6.92 Å². The molecule has 0 radical (unpaired) electrons. The van der Waals surface area contributed by atoms with Gasteiger partial charge in [0, 0.05) is 31.9 Å². The monoisotopic (exact) mass is 194 g/mol. The van der Waals surface area contributed by atoms with Crippen molar-refractivity contribution in [2.45, 2.75) is 32.9 Å². The topological polar surface area (TPSA) is 34.0 Å². The summed E-state index contributed by atoms with van der Waals surface area (Å²) < 4.78 is 1.58. The zero-order valence-electron chi connectivity index (χ0n) is 9.08. The Labute approximate surface area is 84.8 Å². The number of aromatic nitrogens is 1. The molecule has 1 atom stereocenters. The molecule has 78 valence electrons. The van der Waals surface area contributed by atoms with Crippen LogP contribution >= 0.6 is 0 Å². The highest BCUT2D eigenvalue weighted by Gasteiger charge is 1.99. The molecule has 1 aromatic heterocycles. The predicted molar refractivity (Wildman–Crippen MR) is 58.3 cm³/mol. The van der Waals surface area contributed by atoms with Crippen LogP contribution in [0.5, 0.6) is 0 Å². The summed E-state index contributed by atoms with van der Waals surface area (Å²) in [5.74, 6) is 0. The Morgan fingerprint density at radius 1 is 1.57 bits per heavy atom. The van der Waals surface area contributed by atoms with Crippen LogP contribution in [0.25, 0.3) is 0 Å². The molecule has 3 heteroatoms. The van der Waals surface area contributed by atoms with Crippen LogP contribution in [0.15, 0.2) is 23.1 Å². The van der Waals surface area contributed by atoms with Crippen molar-refractivity contribution in [3.05, 3.63) is 34.2 Å². The van der Waals surface area contributed by atoms with Crippen molar-refractivity contribution in [2.75, 3.05) is 0 Å². The molecule has 1 unspecified atom stereocenters. The molecule has 0 aliphatic rings. The molecule has 0 spiro atoms. The van der Waals surface area contributed by atoms with E-state index in [-0.39, 0.29) is 5.56 Å². The van der Waals surface area contributed by atoms with Gasteiger partial charge in [-0.15, -0.1) is 0 Å². The largest absolute Gasteiger partial charge is 0.319 e. The summed E-state index contributed by atoms with van der Waals surface area (Å²) in [4.78, 5) is 11.3. The van der Waals surface area contributed by atoms with E-state index in [9.17, 15) is 4.79 Å². The molecular formula is C11H18N2O. The van der Waals surface area contributed by atoms with Crippen LogP contribution in [0.1, 0.15) is 25.8 Å². The molecule has 0 saturated heterocycles. The average molecular weight is 194 g/mol. The summed E-state index contributed by atoms with van der Waals surface area (Å²) in [7, 11) is 1.76. The minimum atomic E-state index is 0.0495. The van der Waals surface area contributed by atoms with Crippen LogP contribution in [-0.4, -0.2) is 10.6 Å². The number of pyridine rings is 1. The van der Waals surface area contributed by atoms with E-state index >= 15 is 0 Å². The van der Waals surface area contributed by atoms with Crippen LogP contribution in [0.3, 0.4) is 0 Å². The van der Waals surface area contributed by atoms with Crippen molar-refractivity contribution >= 4 is 0 Å². The van der Waals surface area contributed by atoms with Gasteiger partial charge in [0.05, 0.1) is 0 Å². The second-order valence-electron chi connectivity index (χ2n) is 3.67. The molecule has 14 heavy (non-hydrogen) atoms. The van der Waals surface area contributed by atoms with Gasteiger partial charge in [-0.3, -0.25) is 4.79 Å². The molecule has 1 N–H and O–H groups in total. The van der Waals surface area contributed by atoms with Crippen molar-refractivity contribution in [1.82, 2.24) is 9.88 Å². The van der Waals surface area contributed by atoms with Gasteiger partial charge in [0.2, 0.25) is 0 Å². The number of aryl methyl sites for hydroxylation is 1. The smallest absolute Gasteiger partial charge is 0.250 e. The number of hydrogen-bond acceptors (Lipinski definition) is 2. The van der Waals surface area contributed by atoms with Crippen molar-refractivity contribution in [2.24, 2.45) is 7.05 Å². The molecule has 0 aliphatic carbocycles. The Bertz CT molecular complexity index is 343. The van der Waals surface area contributed by atoms with Crippen LogP contribution in [-0.2, 0) is 13.6 Å². The molecule has 3 nitrogen and oxygen atoms in total. The highest BCUT2D eigenvalue weighted by molar-refractivity contribution is 5.10. The maximum Gasteiger partial charge on any atom is 0.250 e. The average Bonchev–Trinajstić information content (AvgIpc) is 2.19. The van der Waals surface area contributed by atoms with E-state index in [1.165, 1.54) is 0 Å². The zero-order valence-corrected chi connectivity index (χ0v) is 9.08. The van der Waals surface area contributed by atoms with E-state index in [0.717, 1.165) is 18.5 Å².